The Morgan fingerprint density at radius 3 is 2.92 bits per heavy atom. The van der Waals surface area contributed by atoms with E-state index in [0.29, 0.717) is 5.84 Å². The van der Waals surface area contributed by atoms with Gasteiger partial charge in [0.15, 0.2) is 5.17 Å². The highest BCUT2D eigenvalue weighted by atomic mass is 32.2. The molecule has 0 saturated carbocycles. The predicted molar refractivity (Wildman–Crippen MR) is 93.1 cm³/mol. The molecule has 0 spiro atoms. The lowest BCUT2D eigenvalue weighted by Crippen LogP contribution is -2.35. The van der Waals surface area contributed by atoms with Crippen LogP contribution in [0.3, 0.4) is 0 Å². The summed E-state index contributed by atoms with van der Waals surface area (Å²) in [6, 6.07) is 5.83. The average Bonchev–Trinajstić information content (AvgIpc) is 2.99. The van der Waals surface area contributed by atoms with Gasteiger partial charge >= 0.3 is 0 Å². The summed E-state index contributed by atoms with van der Waals surface area (Å²) < 4.78 is 13.5. The zero-order chi connectivity index (χ0) is 17.8. The Bertz CT molecular complexity index is 795. The number of nitrogens with one attached hydrogen (secondary N) is 1. The lowest BCUT2D eigenvalue weighted by molar-refractivity contribution is -0.118. The van der Waals surface area contributed by atoms with Crippen LogP contribution in [0, 0.1) is 11.7 Å². The average molecular weight is 363 g/mol. The summed E-state index contributed by atoms with van der Waals surface area (Å²) in [6.07, 6.45) is 1.42. The highest BCUT2D eigenvalue weighted by Crippen LogP contribution is 2.21. The standard InChI is InChI=1S/C15H14FN5O3S/c16-10-3-1-2-4-11(10)18-12(23)8-25-15-19-13-9(14(24)20-15)7-17-21(13)5-6-22/h1-4,7,9,22H,5-6,8H2,(H,18,23). The SMILES string of the molecule is O=C(CSC1=NC(=O)C2C=NN(CCO)C2=N1)Nc1ccccc1F. The second-order valence-electron chi connectivity index (χ2n) is 5.11. The number of thioether (sulfide) groups is 1. The minimum Gasteiger partial charge on any atom is -0.394 e. The van der Waals surface area contributed by atoms with Crippen LogP contribution in [0.15, 0.2) is 39.4 Å². The van der Waals surface area contributed by atoms with Crippen molar-refractivity contribution >= 4 is 46.5 Å². The number of carbonyl (C=O) groups is 2. The van der Waals surface area contributed by atoms with Crippen LogP contribution in [-0.2, 0) is 9.59 Å². The van der Waals surface area contributed by atoms with Gasteiger partial charge in [0.25, 0.3) is 5.91 Å². The van der Waals surface area contributed by atoms with E-state index in [2.05, 4.69) is 20.4 Å². The maximum atomic E-state index is 13.5. The second-order valence-corrected chi connectivity index (χ2v) is 6.05. The Morgan fingerprint density at radius 1 is 1.36 bits per heavy atom. The van der Waals surface area contributed by atoms with Gasteiger partial charge < -0.3 is 10.4 Å². The number of para-hydroxylation sites is 1. The molecule has 0 bridgehead atoms. The molecule has 2 aliphatic heterocycles. The molecule has 25 heavy (non-hydrogen) atoms. The number of hydrogen-bond donors (Lipinski definition) is 2. The molecular formula is C15H14FN5O3S. The monoisotopic (exact) mass is 363 g/mol. The fourth-order valence-corrected chi connectivity index (χ4v) is 2.88. The van der Waals surface area contributed by atoms with Gasteiger partial charge in [0.1, 0.15) is 17.6 Å². The number of nitrogens with zero attached hydrogens (tertiary/aromatic N) is 4. The van der Waals surface area contributed by atoms with E-state index in [1.54, 1.807) is 6.07 Å². The van der Waals surface area contributed by atoms with Crippen molar-refractivity contribution in [3.8, 4) is 0 Å². The molecule has 0 saturated heterocycles. The molecule has 2 aliphatic rings. The summed E-state index contributed by atoms with van der Waals surface area (Å²) in [4.78, 5) is 32.0. The number of amides is 2. The lowest BCUT2D eigenvalue weighted by Gasteiger charge is -2.19. The smallest absolute Gasteiger partial charge is 0.264 e. The third-order valence-electron chi connectivity index (χ3n) is 3.37. The molecule has 8 nitrogen and oxygen atoms in total. The highest BCUT2D eigenvalue weighted by Gasteiger charge is 2.35. The molecule has 0 aliphatic carbocycles. The molecule has 3 rings (SSSR count). The van der Waals surface area contributed by atoms with Crippen LogP contribution in [0.4, 0.5) is 10.1 Å². The number of hydrazone groups is 1. The van der Waals surface area contributed by atoms with Crippen molar-refractivity contribution in [2.24, 2.45) is 21.0 Å². The highest BCUT2D eigenvalue weighted by molar-refractivity contribution is 8.14. The zero-order valence-electron chi connectivity index (χ0n) is 12.9. The Kier molecular flexibility index (Phi) is 5.19. The van der Waals surface area contributed by atoms with Gasteiger partial charge in [0.05, 0.1) is 24.6 Å². The number of aliphatic hydroxyl groups is 1. The van der Waals surface area contributed by atoms with E-state index in [-0.39, 0.29) is 29.8 Å². The lowest BCUT2D eigenvalue weighted by atomic mass is 10.1. The molecule has 2 amide bonds. The van der Waals surface area contributed by atoms with E-state index in [1.807, 2.05) is 0 Å². The number of carbonyl (C=O) groups excluding carboxylic acids is 2. The van der Waals surface area contributed by atoms with Crippen molar-refractivity contribution in [3.63, 3.8) is 0 Å². The molecule has 1 aromatic rings. The Balaban J connectivity index is 1.61. The maximum Gasteiger partial charge on any atom is 0.264 e. The number of halogens is 1. The number of β-amino-alcohol motifs (C(OH)–C–C–N with tert-alkyl or cyclic N) is 1. The van der Waals surface area contributed by atoms with Gasteiger partial charge in [0.2, 0.25) is 5.91 Å². The number of amidine groups is 2. The summed E-state index contributed by atoms with van der Waals surface area (Å²) in [5.41, 5.74) is 0.0828. The first kappa shape index (κ1) is 17.2. The third kappa shape index (κ3) is 3.91. The third-order valence-corrected chi connectivity index (χ3v) is 4.22. The van der Waals surface area contributed by atoms with Crippen LogP contribution < -0.4 is 5.32 Å². The Hall–Kier alpha value is -2.59. The van der Waals surface area contributed by atoms with Gasteiger partial charge in [-0.05, 0) is 12.1 Å². The van der Waals surface area contributed by atoms with Crippen LogP contribution in [-0.4, -0.2) is 58.1 Å². The van der Waals surface area contributed by atoms with Crippen molar-refractivity contribution < 1.29 is 19.1 Å². The van der Waals surface area contributed by atoms with E-state index in [1.165, 1.54) is 29.4 Å². The molecule has 2 heterocycles. The molecule has 1 atom stereocenters. The summed E-state index contributed by atoms with van der Waals surface area (Å²) in [6.45, 7) is 0.0762. The summed E-state index contributed by atoms with van der Waals surface area (Å²) in [5, 5.41) is 17.0. The Labute approximate surface area is 146 Å². The van der Waals surface area contributed by atoms with Gasteiger partial charge in [0, 0.05) is 6.21 Å². The van der Waals surface area contributed by atoms with Crippen LogP contribution in [0.1, 0.15) is 0 Å². The molecule has 1 aromatic carbocycles. The number of fused-ring (bicyclic) bond motifs is 1. The van der Waals surface area contributed by atoms with Crippen molar-refractivity contribution in [3.05, 3.63) is 30.1 Å². The van der Waals surface area contributed by atoms with Crippen LogP contribution in [0.5, 0.6) is 0 Å². The summed E-state index contributed by atoms with van der Waals surface area (Å²) >= 11 is 0.966. The number of aliphatic imine (C=N–C) groups is 2. The molecular weight excluding hydrogens is 349 g/mol. The van der Waals surface area contributed by atoms with Crippen LogP contribution in [0.2, 0.25) is 0 Å². The quantitative estimate of drug-likeness (QED) is 0.801. The van der Waals surface area contributed by atoms with Gasteiger partial charge in [-0.25, -0.2) is 14.4 Å². The fourth-order valence-electron chi connectivity index (χ4n) is 2.23. The van der Waals surface area contributed by atoms with Gasteiger partial charge in [-0.2, -0.15) is 10.1 Å². The number of hydrogen-bond acceptors (Lipinski definition) is 7. The molecule has 130 valence electrons. The van der Waals surface area contributed by atoms with Gasteiger partial charge in [-0.3, -0.25) is 9.59 Å². The minimum atomic E-state index is -0.650. The van der Waals surface area contributed by atoms with Crippen LogP contribution >= 0.6 is 11.8 Å². The Morgan fingerprint density at radius 2 is 2.16 bits per heavy atom. The van der Waals surface area contributed by atoms with Crippen molar-refractivity contribution in [2.45, 2.75) is 0 Å². The largest absolute Gasteiger partial charge is 0.394 e. The molecule has 0 fully saturated rings. The summed E-state index contributed by atoms with van der Waals surface area (Å²) in [5.74, 6) is -1.75. The molecule has 2 N–H and O–H groups in total. The molecule has 10 heteroatoms. The number of rotatable bonds is 5. The minimum absolute atomic E-state index is 0.0806. The van der Waals surface area contributed by atoms with E-state index in [0.717, 1.165) is 11.8 Å². The van der Waals surface area contributed by atoms with Gasteiger partial charge in [-0.1, -0.05) is 23.9 Å². The first-order valence-electron chi connectivity index (χ1n) is 7.39. The molecule has 0 radical (unpaired) electrons. The first-order chi connectivity index (χ1) is 12.1. The zero-order valence-corrected chi connectivity index (χ0v) is 13.7. The normalized spacial score (nSPS) is 18.7. The second kappa shape index (κ2) is 7.53. The topological polar surface area (TPSA) is 107 Å². The first-order valence-corrected chi connectivity index (χ1v) is 8.38. The molecule has 1 unspecified atom stereocenters. The number of benzene rings is 1. The number of anilines is 1. The van der Waals surface area contributed by atoms with E-state index < -0.39 is 23.5 Å². The van der Waals surface area contributed by atoms with Crippen molar-refractivity contribution in [1.82, 2.24) is 5.01 Å². The predicted octanol–water partition coefficient (Wildman–Crippen LogP) is 0.702. The van der Waals surface area contributed by atoms with Crippen molar-refractivity contribution in [2.75, 3.05) is 24.2 Å². The van der Waals surface area contributed by atoms with E-state index in [9.17, 15) is 14.0 Å². The van der Waals surface area contributed by atoms with Gasteiger partial charge in [-0.15, -0.1) is 0 Å². The summed E-state index contributed by atoms with van der Waals surface area (Å²) in [7, 11) is 0. The fraction of sp³-hybridized carbons (Fsp3) is 0.267. The number of aliphatic hydroxyl groups excluding tert-OH is 1. The van der Waals surface area contributed by atoms with Crippen molar-refractivity contribution in [1.29, 1.82) is 0 Å². The maximum absolute atomic E-state index is 13.5. The van der Waals surface area contributed by atoms with Crippen LogP contribution in [0.25, 0.3) is 0 Å². The molecule has 0 aromatic heterocycles. The van der Waals surface area contributed by atoms with E-state index >= 15 is 0 Å². The van der Waals surface area contributed by atoms with E-state index in [4.69, 9.17) is 5.11 Å².